The summed E-state index contributed by atoms with van der Waals surface area (Å²) in [5, 5.41) is 21.6. The maximum absolute atomic E-state index is 13.7. The number of benzene rings is 1. The third-order valence-corrected chi connectivity index (χ3v) is 3.45. The number of hydrogen-bond donors (Lipinski definition) is 2. The first-order valence-electron chi connectivity index (χ1n) is 5.96. The van der Waals surface area contributed by atoms with Gasteiger partial charge >= 0.3 is 11.7 Å². The van der Waals surface area contributed by atoms with Gasteiger partial charge < -0.3 is 10.4 Å². The van der Waals surface area contributed by atoms with Crippen molar-refractivity contribution in [2.75, 3.05) is 0 Å². The summed E-state index contributed by atoms with van der Waals surface area (Å²) >= 11 is 0. The Balaban J connectivity index is 2.30. The Morgan fingerprint density at radius 1 is 1.29 bits per heavy atom. The minimum absolute atomic E-state index is 0.186. The van der Waals surface area contributed by atoms with Gasteiger partial charge in [0, 0.05) is 0 Å². The number of amides is 1. The molecule has 1 aromatic rings. The molecule has 1 amide bonds. The molecule has 0 unspecified atom stereocenters. The maximum Gasteiger partial charge on any atom is 0.329 e. The minimum atomic E-state index is -1.48. The summed E-state index contributed by atoms with van der Waals surface area (Å²) in [6.07, 6.45) is 0.958. The second-order valence-electron chi connectivity index (χ2n) is 4.74. The lowest BCUT2D eigenvalue weighted by Gasteiger charge is -2.38. The topological polar surface area (TPSA) is 110 Å². The largest absolute Gasteiger partial charge is 0.480 e. The zero-order valence-corrected chi connectivity index (χ0v) is 10.6. The molecule has 1 aliphatic carbocycles. The average molecular weight is 300 g/mol. The number of nitro benzene ring substituents is 1. The number of nitrogens with zero attached hydrogens (tertiary/aromatic N) is 1. The average Bonchev–Trinajstić information content (AvgIpc) is 2.35. The molecule has 0 atom stereocenters. The monoisotopic (exact) mass is 300 g/mol. The van der Waals surface area contributed by atoms with Crippen molar-refractivity contribution >= 4 is 17.6 Å². The summed E-state index contributed by atoms with van der Waals surface area (Å²) in [5.41, 5.74) is -3.35. The van der Waals surface area contributed by atoms with Gasteiger partial charge in [0.2, 0.25) is 5.82 Å². The van der Waals surface area contributed by atoms with E-state index < -0.39 is 45.2 Å². The minimum Gasteiger partial charge on any atom is -0.480 e. The molecule has 1 saturated carbocycles. The van der Waals surface area contributed by atoms with Crippen molar-refractivity contribution in [1.29, 1.82) is 0 Å². The molecule has 0 saturated heterocycles. The smallest absolute Gasteiger partial charge is 0.329 e. The SMILES string of the molecule is O=C(NC1(C(=O)O)CCC1)c1cc(F)c([N+](=O)[O-])cc1F. The number of nitro groups is 1. The highest BCUT2D eigenvalue weighted by atomic mass is 19.1. The molecule has 9 heteroatoms. The lowest BCUT2D eigenvalue weighted by atomic mass is 9.76. The first-order chi connectivity index (χ1) is 9.77. The Bertz CT molecular complexity index is 643. The van der Waals surface area contributed by atoms with Gasteiger partial charge in [0.05, 0.1) is 16.6 Å². The summed E-state index contributed by atoms with van der Waals surface area (Å²) in [7, 11) is 0. The zero-order valence-electron chi connectivity index (χ0n) is 10.6. The lowest BCUT2D eigenvalue weighted by molar-refractivity contribution is -0.387. The van der Waals surface area contributed by atoms with Crippen LogP contribution >= 0.6 is 0 Å². The van der Waals surface area contributed by atoms with Gasteiger partial charge in [0.25, 0.3) is 5.91 Å². The number of carboxylic acid groups (broad SMARTS) is 1. The number of rotatable bonds is 4. The van der Waals surface area contributed by atoms with Crippen LogP contribution in [-0.4, -0.2) is 27.4 Å². The molecule has 2 rings (SSSR count). The molecule has 1 aliphatic rings. The van der Waals surface area contributed by atoms with E-state index in [-0.39, 0.29) is 12.8 Å². The summed E-state index contributed by atoms with van der Waals surface area (Å²) < 4.78 is 27.1. The van der Waals surface area contributed by atoms with Gasteiger partial charge in [0.1, 0.15) is 11.4 Å². The third kappa shape index (κ3) is 2.54. The zero-order chi connectivity index (χ0) is 15.8. The van der Waals surface area contributed by atoms with Gasteiger partial charge in [-0.3, -0.25) is 14.9 Å². The van der Waals surface area contributed by atoms with E-state index in [2.05, 4.69) is 5.32 Å². The second-order valence-corrected chi connectivity index (χ2v) is 4.74. The van der Waals surface area contributed by atoms with Crippen LogP contribution in [-0.2, 0) is 4.79 Å². The van der Waals surface area contributed by atoms with Crippen LogP contribution in [0.3, 0.4) is 0 Å². The van der Waals surface area contributed by atoms with Crippen LogP contribution in [0.1, 0.15) is 29.6 Å². The van der Waals surface area contributed by atoms with Gasteiger partial charge in [-0.05, 0) is 25.3 Å². The highest BCUT2D eigenvalue weighted by Crippen LogP contribution is 2.32. The van der Waals surface area contributed by atoms with E-state index in [0.29, 0.717) is 18.6 Å². The van der Waals surface area contributed by atoms with E-state index in [1.807, 2.05) is 0 Å². The Morgan fingerprint density at radius 2 is 1.90 bits per heavy atom. The van der Waals surface area contributed by atoms with E-state index >= 15 is 0 Å². The van der Waals surface area contributed by atoms with Gasteiger partial charge in [-0.25, -0.2) is 9.18 Å². The van der Waals surface area contributed by atoms with Crippen molar-refractivity contribution < 1.29 is 28.4 Å². The summed E-state index contributed by atoms with van der Waals surface area (Å²) in [5.74, 6) is -5.04. The van der Waals surface area contributed by atoms with Gasteiger partial charge in [-0.1, -0.05) is 0 Å². The normalized spacial score (nSPS) is 15.9. The molecule has 0 bridgehead atoms. The molecule has 7 nitrogen and oxygen atoms in total. The fourth-order valence-corrected chi connectivity index (χ4v) is 2.06. The molecule has 0 aliphatic heterocycles. The van der Waals surface area contributed by atoms with Crippen molar-refractivity contribution in [1.82, 2.24) is 5.32 Å². The van der Waals surface area contributed by atoms with Crippen molar-refractivity contribution in [3.63, 3.8) is 0 Å². The fraction of sp³-hybridized carbons (Fsp3) is 0.333. The van der Waals surface area contributed by atoms with Gasteiger partial charge in [-0.15, -0.1) is 0 Å². The molecule has 1 fully saturated rings. The van der Waals surface area contributed by atoms with E-state index in [9.17, 15) is 28.5 Å². The predicted molar refractivity (Wildman–Crippen MR) is 64.7 cm³/mol. The fourth-order valence-electron chi connectivity index (χ4n) is 2.06. The maximum atomic E-state index is 13.7. The van der Waals surface area contributed by atoms with E-state index in [1.165, 1.54) is 0 Å². The Hall–Kier alpha value is -2.58. The van der Waals surface area contributed by atoms with E-state index in [0.717, 1.165) is 0 Å². The van der Waals surface area contributed by atoms with Crippen molar-refractivity contribution in [3.05, 3.63) is 39.4 Å². The van der Waals surface area contributed by atoms with Crippen LogP contribution in [0.25, 0.3) is 0 Å². The molecule has 0 aromatic heterocycles. The molecule has 1 aromatic carbocycles. The molecule has 0 heterocycles. The summed E-state index contributed by atoms with van der Waals surface area (Å²) in [4.78, 5) is 32.3. The Morgan fingerprint density at radius 3 is 2.33 bits per heavy atom. The number of carbonyl (C=O) groups is 2. The van der Waals surface area contributed by atoms with Crippen LogP contribution in [0.4, 0.5) is 14.5 Å². The molecule has 0 spiro atoms. The third-order valence-electron chi connectivity index (χ3n) is 3.45. The number of nitrogens with one attached hydrogen (secondary N) is 1. The number of carbonyl (C=O) groups excluding carboxylic acids is 1. The number of hydrogen-bond acceptors (Lipinski definition) is 4. The van der Waals surface area contributed by atoms with Gasteiger partial charge in [0.15, 0.2) is 0 Å². The molecular weight excluding hydrogens is 290 g/mol. The highest BCUT2D eigenvalue weighted by Gasteiger charge is 2.46. The second kappa shape index (κ2) is 5.08. The van der Waals surface area contributed by atoms with Crippen molar-refractivity contribution in [2.24, 2.45) is 0 Å². The first-order valence-corrected chi connectivity index (χ1v) is 5.96. The standard InChI is InChI=1S/C12H10F2N2O5/c13-7-5-9(16(20)21)8(14)4-6(7)10(17)15-12(11(18)19)2-1-3-12/h4-5H,1-3H2,(H,15,17)(H,18,19). The molecule has 21 heavy (non-hydrogen) atoms. The number of carboxylic acids is 1. The molecule has 112 valence electrons. The molecule has 0 radical (unpaired) electrons. The summed E-state index contributed by atoms with van der Waals surface area (Å²) in [6.45, 7) is 0. The van der Waals surface area contributed by atoms with Crippen molar-refractivity contribution in [3.8, 4) is 0 Å². The van der Waals surface area contributed by atoms with Crippen LogP contribution in [0.5, 0.6) is 0 Å². The van der Waals surface area contributed by atoms with Gasteiger partial charge in [-0.2, -0.15) is 4.39 Å². The Labute approximate surface area is 116 Å². The lowest BCUT2D eigenvalue weighted by Crippen LogP contribution is -2.59. The molecule has 2 N–H and O–H groups in total. The van der Waals surface area contributed by atoms with E-state index in [1.54, 1.807) is 0 Å². The van der Waals surface area contributed by atoms with Crippen LogP contribution in [0, 0.1) is 21.7 Å². The molecular formula is C12H10F2N2O5. The highest BCUT2D eigenvalue weighted by molar-refractivity contribution is 5.98. The van der Waals surface area contributed by atoms with Crippen LogP contribution in [0.2, 0.25) is 0 Å². The van der Waals surface area contributed by atoms with E-state index in [4.69, 9.17) is 5.11 Å². The first kappa shape index (κ1) is 14.8. The summed E-state index contributed by atoms with van der Waals surface area (Å²) in [6, 6.07) is 0.676. The Kier molecular flexibility index (Phi) is 3.58. The van der Waals surface area contributed by atoms with Crippen LogP contribution in [0.15, 0.2) is 12.1 Å². The van der Waals surface area contributed by atoms with Crippen LogP contribution < -0.4 is 5.32 Å². The number of aliphatic carboxylic acids is 1. The van der Waals surface area contributed by atoms with Crippen molar-refractivity contribution in [2.45, 2.75) is 24.8 Å². The quantitative estimate of drug-likeness (QED) is 0.648. The predicted octanol–water partition coefficient (Wildman–Crippen LogP) is 1.61. The number of halogens is 2.